The van der Waals surface area contributed by atoms with Crippen LogP contribution in [0.4, 0.5) is 5.95 Å². The van der Waals surface area contributed by atoms with Gasteiger partial charge in [-0.15, -0.1) is 0 Å². The lowest BCUT2D eigenvalue weighted by atomic mass is 10.1. The summed E-state index contributed by atoms with van der Waals surface area (Å²) in [7, 11) is 0. The van der Waals surface area contributed by atoms with Gasteiger partial charge in [0.15, 0.2) is 0 Å². The van der Waals surface area contributed by atoms with Crippen molar-refractivity contribution in [3.8, 4) is 0 Å². The zero-order valence-electron chi connectivity index (χ0n) is 10.0. The minimum Gasteiger partial charge on any atom is -0.396 e. The molecule has 0 saturated carbocycles. The number of aliphatic hydroxyl groups excluding tert-OH is 1. The summed E-state index contributed by atoms with van der Waals surface area (Å²) in [5.74, 6) is 0.786. The van der Waals surface area contributed by atoms with Crippen LogP contribution in [-0.4, -0.2) is 34.3 Å². The number of nitrogens with zero attached hydrogens (tertiary/aromatic N) is 3. The zero-order chi connectivity index (χ0) is 12.1. The second-order valence-corrected chi connectivity index (χ2v) is 4.41. The van der Waals surface area contributed by atoms with E-state index in [0.717, 1.165) is 37.4 Å². The molecule has 1 unspecified atom stereocenters. The Morgan fingerprint density at radius 1 is 1.53 bits per heavy atom. The van der Waals surface area contributed by atoms with Crippen LogP contribution in [0.1, 0.15) is 31.4 Å². The standard InChI is InChI=1S/C12H20N4O/c13-9-10-5-6-14-12(15-10)16-7-1-3-11(16)4-2-8-17/h5-6,11,17H,1-4,7-9,13H2. The Hall–Kier alpha value is -1.20. The molecule has 2 rings (SSSR count). The molecule has 0 spiro atoms. The summed E-state index contributed by atoms with van der Waals surface area (Å²) in [6.45, 7) is 1.71. The van der Waals surface area contributed by atoms with E-state index in [4.69, 9.17) is 10.8 Å². The van der Waals surface area contributed by atoms with Gasteiger partial charge < -0.3 is 15.7 Å². The third kappa shape index (κ3) is 2.92. The highest BCUT2D eigenvalue weighted by atomic mass is 16.2. The Morgan fingerprint density at radius 2 is 2.41 bits per heavy atom. The first-order valence-electron chi connectivity index (χ1n) is 6.24. The zero-order valence-corrected chi connectivity index (χ0v) is 10.0. The molecule has 1 fully saturated rings. The molecule has 17 heavy (non-hydrogen) atoms. The Kier molecular flexibility index (Phi) is 4.28. The van der Waals surface area contributed by atoms with Gasteiger partial charge in [-0.05, 0) is 31.7 Å². The van der Waals surface area contributed by atoms with E-state index < -0.39 is 0 Å². The minimum absolute atomic E-state index is 0.258. The molecular weight excluding hydrogens is 216 g/mol. The van der Waals surface area contributed by atoms with Crippen molar-refractivity contribution in [3.63, 3.8) is 0 Å². The lowest BCUT2D eigenvalue weighted by molar-refractivity contribution is 0.279. The molecule has 3 N–H and O–H groups in total. The number of rotatable bonds is 5. The molecule has 1 aromatic heterocycles. The van der Waals surface area contributed by atoms with Crippen LogP contribution in [0.15, 0.2) is 12.3 Å². The predicted octanol–water partition coefficient (Wildman–Crippen LogP) is 0.677. The van der Waals surface area contributed by atoms with Gasteiger partial charge >= 0.3 is 0 Å². The van der Waals surface area contributed by atoms with Crippen LogP contribution in [0.5, 0.6) is 0 Å². The van der Waals surface area contributed by atoms with E-state index in [0.29, 0.717) is 12.6 Å². The average Bonchev–Trinajstić information content (AvgIpc) is 2.84. The second kappa shape index (κ2) is 5.93. The molecular formula is C12H20N4O. The van der Waals surface area contributed by atoms with E-state index in [1.165, 1.54) is 6.42 Å². The molecule has 5 nitrogen and oxygen atoms in total. The quantitative estimate of drug-likeness (QED) is 0.786. The molecule has 1 aromatic rings. The van der Waals surface area contributed by atoms with E-state index in [-0.39, 0.29) is 6.61 Å². The van der Waals surface area contributed by atoms with Crippen LogP contribution in [0.3, 0.4) is 0 Å². The van der Waals surface area contributed by atoms with Gasteiger partial charge in [-0.25, -0.2) is 9.97 Å². The maximum absolute atomic E-state index is 8.90. The fourth-order valence-corrected chi connectivity index (χ4v) is 2.36. The van der Waals surface area contributed by atoms with E-state index in [9.17, 15) is 0 Å². The van der Waals surface area contributed by atoms with E-state index >= 15 is 0 Å². The summed E-state index contributed by atoms with van der Waals surface area (Å²) < 4.78 is 0. The Labute approximate surface area is 102 Å². The summed E-state index contributed by atoms with van der Waals surface area (Å²) in [6, 6.07) is 2.32. The number of aromatic nitrogens is 2. The van der Waals surface area contributed by atoms with Crippen LogP contribution in [0.25, 0.3) is 0 Å². The number of hydrogen-bond donors (Lipinski definition) is 2. The van der Waals surface area contributed by atoms with Gasteiger partial charge in [0.25, 0.3) is 0 Å². The fourth-order valence-electron chi connectivity index (χ4n) is 2.36. The normalized spacial score (nSPS) is 19.9. The first kappa shape index (κ1) is 12.3. The van der Waals surface area contributed by atoms with Gasteiger partial charge in [-0.1, -0.05) is 0 Å². The topological polar surface area (TPSA) is 75.3 Å². The Bertz CT molecular complexity index is 358. The van der Waals surface area contributed by atoms with Gasteiger partial charge in [-0.2, -0.15) is 0 Å². The molecule has 5 heteroatoms. The number of nitrogens with two attached hydrogens (primary N) is 1. The van der Waals surface area contributed by atoms with Crippen LogP contribution in [0.2, 0.25) is 0 Å². The Morgan fingerprint density at radius 3 is 3.18 bits per heavy atom. The van der Waals surface area contributed by atoms with Crippen molar-refractivity contribution < 1.29 is 5.11 Å². The molecule has 1 aliphatic heterocycles. The molecule has 0 radical (unpaired) electrons. The van der Waals surface area contributed by atoms with Crippen molar-refractivity contribution >= 4 is 5.95 Å². The monoisotopic (exact) mass is 236 g/mol. The van der Waals surface area contributed by atoms with E-state index in [1.807, 2.05) is 6.07 Å². The van der Waals surface area contributed by atoms with E-state index in [2.05, 4.69) is 14.9 Å². The second-order valence-electron chi connectivity index (χ2n) is 4.41. The first-order chi connectivity index (χ1) is 8.35. The molecule has 0 bridgehead atoms. The van der Waals surface area contributed by atoms with Gasteiger partial charge in [0, 0.05) is 31.9 Å². The van der Waals surface area contributed by atoms with Gasteiger partial charge in [-0.3, -0.25) is 0 Å². The van der Waals surface area contributed by atoms with Crippen LogP contribution >= 0.6 is 0 Å². The first-order valence-corrected chi connectivity index (χ1v) is 6.24. The number of aliphatic hydroxyl groups is 1. The minimum atomic E-state index is 0.258. The van der Waals surface area contributed by atoms with Crippen molar-refractivity contribution in [1.82, 2.24) is 9.97 Å². The van der Waals surface area contributed by atoms with Crippen LogP contribution in [0, 0.1) is 0 Å². The largest absolute Gasteiger partial charge is 0.396 e. The highest BCUT2D eigenvalue weighted by Gasteiger charge is 2.25. The third-order valence-corrected chi connectivity index (χ3v) is 3.24. The molecule has 0 aliphatic carbocycles. The maximum atomic E-state index is 8.90. The number of anilines is 1. The molecule has 1 atom stereocenters. The SMILES string of the molecule is NCc1ccnc(N2CCCC2CCCO)n1. The molecule has 1 aliphatic rings. The van der Waals surface area contributed by atoms with Crippen molar-refractivity contribution in [3.05, 3.63) is 18.0 Å². The molecule has 94 valence electrons. The van der Waals surface area contributed by atoms with Crippen molar-refractivity contribution in [1.29, 1.82) is 0 Å². The lowest BCUT2D eigenvalue weighted by Crippen LogP contribution is -2.31. The fraction of sp³-hybridized carbons (Fsp3) is 0.667. The van der Waals surface area contributed by atoms with Crippen LogP contribution in [-0.2, 0) is 6.54 Å². The Balaban J connectivity index is 2.08. The van der Waals surface area contributed by atoms with E-state index in [1.54, 1.807) is 6.20 Å². The summed E-state index contributed by atoms with van der Waals surface area (Å²) in [5, 5.41) is 8.90. The average molecular weight is 236 g/mol. The van der Waals surface area contributed by atoms with Crippen molar-refractivity contribution in [2.45, 2.75) is 38.3 Å². The highest BCUT2D eigenvalue weighted by molar-refractivity contribution is 5.33. The van der Waals surface area contributed by atoms with Gasteiger partial charge in [0.2, 0.25) is 5.95 Å². The molecule has 0 amide bonds. The summed E-state index contributed by atoms with van der Waals surface area (Å²) in [6.07, 6.45) is 5.96. The number of hydrogen-bond acceptors (Lipinski definition) is 5. The summed E-state index contributed by atoms with van der Waals surface area (Å²) >= 11 is 0. The molecule has 0 aromatic carbocycles. The van der Waals surface area contributed by atoms with Crippen molar-refractivity contribution in [2.24, 2.45) is 5.73 Å². The molecule has 1 saturated heterocycles. The maximum Gasteiger partial charge on any atom is 0.225 e. The van der Waals surface area contributed by atoms with Crippen LogP contribution < -0.4 is 10.6 Å². The summed E-state index contributed by atoms with van der Waals surface area (Å²) in [5.41, 5.74) is 6.47. The van der Waals surface area contributed by atoms with Gasteiger partial charge in [0.05, 0.1) is 5.69 Å². The van der Waals surface area contributed by atoms with Gasteiger partial charge in [0.1, 0.15) is 0 Å². The predicted molar refractivity (Wildman–Crippen MR) is 66.6 cm³/mol. The summed E-state index contributed by atoms with van der Waals surface area (Å²) in [4.78, 5) is 11.0. The third-order valence-electron chi connectivity index (χ3n) is 3.24. The van der Waals surface area contributed by atoms with Crippen molar-refractivity contribution in [2.75, 3.05) is 18.1 Å². The highest BCUT2D eigenvalue weighted by Crippen LogP contribution is 2.25. The lowest BCUT2D eigenvalue weighted by Gasteiger charge is -2.24. The molecule has 2 heterocycles. The smallest absolute Gasteiger partial charge is 0.225 e.